The van der Waals surface area contributed by atoms with Gasteiger partial charge in [-0.1, -0.05) is 12.1 Å². The van der Waals surface area contributed by atoms with E-state index >= 15 is 0 Å². The molecule has 0 aliphatic carbocycles. The Balaban J connectivity index is 1.86. The van der Waals surface area contributed by atoms with Gasteiger partial charge in [-0.25, -0.2) is 13.2 Å². The number of hydrogen-bond donors (Lipinski definition) is 3. The molecule has 34 heavy (non-hydrogen) atoms. The van der Waals surface area contributed by atoms with Gasteiger partial charge >= 0.3 is 0 Å². The van der Waals surface area contributed by atoms with Gasteiger partial charge in [0.1, 0.15) is 16.9 Å². The number of carbonyl (C=O) groups excluding carboxylic acids is 1. The number of pyridine rings is 2. The fraction of sp³-hybridized carbons (Fsp3) is 0.304. The summed E-state index contributed by atoms with van der Waals surface area (Å²) in [6.07, 6.45) is 2.06. The van der Waals surface area contributed by atoms with Crippen molar-refractivity contribution in [2.24, 2.45) is 0 Å². The number of nitrogens with zero attached hydrogens (tertiary/aromatic N) is 3. The molecule has 0 radical (unpaired) electrons. The lowest BCUT2D eigenvalue weighted by atomic mass is 10.0. The van der Waals surface area contributed by atoms with Crippen LogP contribution < -0.4 is 16.2 Å². The summed E-state index contributed by atoms with van der Waals surface area (Å²) in [5.41, 5.74) is -0.661. The average molecular weight is 471 g/mol. The van der Waals surface area contributed by atoms with Gasteiger partial charge in [0.05, 0.1) is 30.4 Å². The molecule has 2 aromatic heterocycles. The normalized spacial score (nSPS) is 14.2. The van der Waals surface area contributed by atoms with Crippen LogP contribution in [0.1, 0.15) is 34.3 Å². The van der Waals surface area contributed by atoms with E-state index in [4.69, 9.17) is 5.26 Å². The van der Waals surface area contributed by atoms with Crippen molar-refractivity contribution in [3.8, 4) is 11.8 Å². The molecule has 3 aromatic rings. The number of alkyl halides is 2. The first-order chi connectivity index (χ1) is 16.2. The number of carbonyl (C=O) groups is 1. The minimum Gasteiger partial charge on any atom is -0.505 e. The van der Waals surface area contributed by atoms with Crippen molar-refractivity contribution in [3.05, 3.63) is 63.3 Å². The summed E-state index contributed by atoms with van der Waals surface area (Å²) in [7, 11) is 0. The van der Waals surface area contributed by atoms with Gasteiger partial charge < -0.3 is 15.7 Å². The fourth-order valence-electron chi connectivity index (χ4n) is 3.90. The fourth-order valence-corrected chi connectivity index (χ4v) is 3.90. The molecule has 0 spiro atoms. The number of rotatable bonds is 6. The van der Waals surface area contributed by atoms with Crippen LogP contribution in [-0.4, -0.2) is 39.6 Å². The third-order valence-corrected chi connectivity index (χ3v) is 5.52. The van der Waals surface area contributed by atoms with E-state index in [2.05, 4.69) is 15.6 Å². The van der Waals surface area contributed by atoms with Crippen molar-refractivity contribution < 1.29 is 23.1 Å². The number of hydrogen-bond acceptors (Lipinski definition) is 6. The number of benzene rings is 1. The van der Waals surface area contributed by atoms with Crippen molar-refractivity contribution in [2.45, 2.75) is 31.7 Å². The summed E-state index contributed by atoms with van der Waals surface area (Å²) < 4.78 is 43.2. The lowest BCUT2D eigenvalue weighted by Gasteiger charge is -2.17. The van der Waals surface area contributed by atoms with Gasteiger partial charge in [0.2, 0.25) is 0 Å². The molecule has 0 fully saturated rings. The van der Waals surface area contributed by atoms with Crippen LogP contribution in [0.2, 0.25) is 0 Å². The van der Waals surface area contributed by atoms with Gasteiger partial charge in [0.15, 0.2) is 5.75 Å². The number of nitriles is 1. The van der Waals surface area contributed by atoms with E-state index in [1.54, 1.807) is 12.1 Å². The predicted octanol–water partition coefficient (Wildman–Crippen LogP) is 2.93. The Morgan fingerprint density at radius 1 is 1.32 bits per heavy atom. The molecule has 8 nitrogen and oxygen atoms in total. The Labute approximate surface area is 191 Å². The molecule has 4 rings (SSSR count). The summed E-state index contributed by atoms with van der Waals surface area (Å²) in [4.78, 5) is 30.0. The number of nitrogens with one attached hydrogen (secondary N) is 2. The lowest BCUT2D eigenvalue weighted by molar-refractivity contribution is -0.000936. The summed E-state index contributed by atoms with van der Waals surface area (Å²) in [6, 6.07) is 7.54. The van der Waals surface area contributed by atoms with E-state index in [-0.39, 0.29) is 36.1 Å². The number of anilines is 1. The van der Waals surface area contributed by atoms with Gasteiger partial charge in [0.25, 0.3) is 17.4 Å². The van der Waals surface area contributed by atoms with E-state index in [1.807, 2.05) is 6.07 Å². The first-order valence-electron chi connectivity index (χ1n) is 10.5. The van der Waals surface area contributed by atoms with Gasteiger partial charge in [0, 0.05) is 31.1 Å². The topological polar surface area (TPSA) is 120 Å². The molecule has 1 aliphatic rings. The second-order valence-electron chi connectivity index (χ2n) is 8.00. The summed E-state index contributed by atoms with van der Waals surface area (Å²) >= 11 is 0. The minimum absolute atomic E-state index is 0.0414. The second-order valence-corrected chi connectivity index (χ2v) is 8.00. The van der Waals surface area contributed by atoms with Crippen molar-refractivity contribution in [1.29, 1.82) is 5.26 Å². The number of unbranched alkanes of at least 4 members (excludes halogenated alkanes) is 1. The zero-order chi connectivity index (χ0) is 24.5. The SMILES string of the molecule is N#CCCCNC(=O)c1c(O)c2ncc(Cc3ccc(F)cc3)c3c2n(c1=O)CC(F)(F)CN3. The van der Waals surface area contributed by atoms with Crippen molar-refractivity contribution >= 4 is 22.6 Å². The number of amides is 1. The van der Waals surface area contributed by atoms with Crippen LogP contribution in [-0.2, 0) is 13.0 Å². The molecule has 3 heterocycles. The Kier molecular flexibility index (Phi) is 6.15. The van der Waals surface area contributed by atoms with E-state index < -0.39 is 47.6 Å². The molecule has 3 N–H and O–H groups in total. The maximum absolute atomic E-state index is 14.6. The highest BCUT2D eigenvalue weighted by atomic mass is 19.3. The summed E-state index contributed by atoms with van der Waals surface area (Å²) in [5.74, 6) is -5.41. The zero-order valence-electron chi connectivity index (χ0n) is 17.9. The molecule has 1 amide bonds. The molecule has 0 saturated carbocycles. The molecule has 176 valence electrons. The first kappa shape index (κ1) is 23.1. The van der Waals surface area contributed by atoms with Gasteiger partial charge in [-0.05, 0) is 24.1 Å². The Hall–Kier alpha value is -4.07. The molecule has 1 aromatic carbocycles. The van der Waals surface area contributed by atoms with Gasteiger partial charge in [-0.3, -0.25) is 19.1 Å². The summed E-state index contributed by atoms with van der Waals surface area (Å²) in [6.45, 7) is -1.73. The largest absolute Gasteiger partial charge is 0.505 e. The van der Waals surface area contributed by atoms with Gasteiger partial charge in [-0.2, -0.15) is 5.26 Å². The maximum atomic E-state index is 14.6. The highest BCUT2D eigenvalue weighted by Gasteiger charge is 2.36. The lowest BCUT2D eigenvalue weighted by Crippen LogP contribution is -2.38. The van der Waals surface area contributed by atoms with E-state index in [9.17, 15) is 27.9 Å². The standard InChI is InChI=1S/C23H20F3N5O3/c24-15-5-3-13(4-6-15)9-14-10-29-18-19-17(14)30-11-23(25,26)12-31(19)22(34)16(20(18)32)21(33)28-8-2-1-7-27/h3-6,10,30,32H,1-2,8-9,11-12H2,(H,28,33). The van der Waals surface area contributed by atoms with E-state index in [0.717, 1.165) is 4.57 Å². The highest BCUT2D eigenvalue weighted by molar-refractivity contribution is 6.04. The molecule has 1 aliphatic heterocycles. The molecule has 11 heteroatoms. The summed E-state index contributed by atoms with van der Waals surface area (Å²) in [5, 5.41) is 24.4. The van der Waals surface area contributed by atoms with E-state index in [0.29, 0.717) is 17.5 Å². The molecule has 0 unspecified atom stereocenters. The molecule has 0 bridgehead atoms. The predicted molar refractivity (Wildman–Crippen MR) is 117 cm³/mol. The monoisotopic (exact) mass is 471 g/mol. The van der Waals surface area contributed by atoms with Gasteiger partial charge in [-0.15, -0.1) is 0 Å². The van der Waals surface area contributed by atoms with Crippen LogP contribution in [0, 0.1) is 17.1 Å². The Morgan fingerprint density at radius 3 is 2.76 bits per heavy atom. The number of halogens is 3. The first-order valence-corrected chi connectivity index (χ1v) is 10.5. The maximum Gasteiger partial charge on any atom is 0.282 e. The molecular weight excluding hydrogens is 451 g/mol. The van der Waals surface area contributed by atoms with E-state index in [1.165, 1.54) is 18.3 Å². The molecule has 0 saturated heterocycles. The van der Waals surface area contributed by atoms with Crippen LogP contribution >= 0.6 is 0 Å². The minimum atomic E-state index is -3.33. The third kappa shape index (κ3) is 4.39. The van der Waals surface area contributed by atoms with Crippen molar-refractivity contribution in [3.63, 3.8) is 0 Å². The third-order valence-electron chi connectivity index (χ3n) is 5.52. The van der Waals surface area contributed by atoms with Crippen LogP contribution in [0.5, 0.6) is 5.75 Å². The van der Waals surface area contributed by atoms with Crippen LogP contribution in [0.25, 0.3) is 11.0 Å². The van der Waals surface area contributed by atoms with Crippen molar-refractivity contribution in [1.82, 2.24) is 14.9 Å². The molecule has 0 atom stereocenters. The Bertz CT molecular complexity index is 1360. The Morgan fingerprint density at radius 2 is 2.06 bits per heavy atom. The number of aromatic hydroxyl groups is 1. The van der Waals surface area contributed by atoms with Crippen molar-refractivity contribution in [2.75, 3.05) is 18.4 Å². The van der Waals surface area contributed by atoms with Crippen LogP contribution in [0.4, 0.5) is 18.9 Å². The zero-order valence-corrected chi connectivity index (χ0v) is 17.9. The number of aromatic nitrogens is 2. The average Bonchev–Trinajstić information content (AvgIpc) is 2.94. The highest BCUT2D eigenvalue weighted by Crippen LogP contribution is 2.36. The van der Waals surface area contributed by atoms with Crippen LogP contribution in [0.3, 0.4) is 0 Å². The second kappa shape index (κ2) is 9.05. The quantitative estimate of drug-likeness (QED) is 0.476. The van der Waals surface area contributed by atoms with Crippen LogP contribution in [0.15, 0.2) is 35.3 Å². The molecular formula is C23H20F3N5O3. The smallest absolute Gasteiger partial charge is 0.282 e.